The van der Waals surface area contributed by atoms with Gasteiger partial charge in [-0.15, -0.1) is 11.3 Å². The van der Waals surface area contributed by atoms with Gasteiger partial charge >= 0.3 is 0 Å². The number of carbonyl (C=O) groups excluding carboxylic acids is 2. The molecule has 0 spiro atoms. The molecule has 152 valence electrons. The van der Waals surface area contributed by atoms with Crippen molar-refractivity contribution in [2.24, 2.45) is 5.92 Å². The maximum Gasteiger partial charge on any atom is 0.239 e. The third-order valence-corrected chi connectivity index (χ3v) is 5.98. The quantitative estimate of drug-likeness (QED) is 0.759. The Morgan fingerprint density at radius 1 is 1.31 bits per heavy atom. The van der Waals surface area contributed by atoms with E-state index in [1.54, 1.807) is 18.0 Å². The van der Waals surface area contributed by atoms with Crippen LogP contribution in [0.3, 0.4) is 0 Å². The molecule has 2 aromatic rings. The molecule has 1 aliphatic carbocycles. The lowest BCUT2D eigenvalue weighted by Gasteiger charge is -2.17. The normalized spacial score (nSPS) is 15.5. The van der Waals surface area contributed by atoms with Crippen molar-refractivity contribution in [3.63, 3.8) is 0 Å². The zero-order chi connectivity index (χ0) is 21.0. The van der Waals surface area contributed by atoms with Gasteiger partial charge in [0.15, 0.2) is 0 Å². The number of rotatable bonds is 6. The number of anilines is 2. The van der Waals surface area contributed by atoms with E-state index in [0.29, 0.717) is 22.2 Å². The minimum atomic E-state index is -0.433. The molecule has 2 N–H and O–H groups in total. The second kappa shape index (κ2) is 9.16. The largest absolute Gasteiger partial charge is 0.325 e. The van der Waals surface area contributed by atoms with Crippen molar-refractivity contribution in [3.05, 3.63) is 46.1 Å². The summed E-state index contributed by atoms with van der Waals surface area (Å²) in [6, 6.07) is 7.86. The maximum absolute atomic E-state index is 13.2. The van der Waals surface area contributed by atoms with Crippen molar-refractivity contribution in [2.75, 3.05) is 30.8 Å². The van der Waals surface area contributed by atoms with E-state index < -0.39 is 5.82 Å². The highest BCUT2D eigenvalue weighted by molar-refractivity contribution is 7.16. The van der Waals surface area contributed by atoms with Crippen LogP contribution < -0.4 is 10.6 Å². The fourth-order valence-electron chi connectivity index (χ4n) is 3.44. The predicted octanol–water partition coefficient (Wildman–Crippen LogP) is 3.39. The van der Waals surface area contributed by atoms with Crippen LogP contribution >= 0.6 is 11.3 Å². The van der Waals surface area contributed by atoms with Gasteiger partial charge in [0, 0.05) is 10.6 Å². The standard InChI is InChI=1S/C21H23FN4O2S/c1-13-6-7-16-17(10-23)21(29-18(16)8-13)25-20(28)12-26(2)11-19(27)24-15-5-3-4-14(22)9-15/h3-5,9,13H,6-8,11-12H2,1-2H3,(H,24,27)(H,25,28)/t13-/m0/s1. The van der Waals surface area contributed by atoms with Crippen molar-refractivity contribution in [1.82, 2.24) is 4.90 Å². The Labute approximate surface area is 173 Å². The second-order valence-electron chi connectivity index (χ2n) is 7.45. The number of nitriles is 1. The molecule has 1 heterocycles. The molecule has 1 aromatic heterocycles. The molecular weight excluding hydrogens is 391 g/mol. The molecule has 3 rings (SSSR count). The first-order valence-corrected chi connectivity index (χ1v) is 10.3. The second-order valence-corrected chi connectivity index (χ2v) is 8.55. The lowest BCUT2D eigenvalue weighted by atomic mass is 9.89. The minimum absolute atomic E-state index is 0.000406. The first-order chi connectivity index (χ1) is 13.9. The summed E-state index contributed by atoms with van der Waals surface area (Å²) in [6.07, 6.45) is 2.85. The van der Waals surface area contributed by atoms with Gasteiger partial charge in [-0.25, -0.2) is 4.39 Å². The minimum Gasteiger partial charge on any atom is -0.325 e. The highest BCUT2D eigenvalue weighted by Gasteiger charge is 2.25. The number of benzene rings is 1. The molecule has 0 saturated carbocycles. The number of carbonyl (C=O) groups is 2. The highest BCUT2D eigenvalue weighted by Crippen LogP contribution is 2.39. The zero-order valence-electron chi connectivity index (χ0n) is 16.4. The van der Waals surface area contributed by atoms with Crippen LogP contribution in [0.1, 0.15) is 29.3 Å². The van der Waals surface area contributed by atoms with E-state index in [-0.39, 0.29) is 24.9 Å². The van der Waals surface area contributed by atoms with Gasteiger partial charge in [-0.2, -0.15) is 5.26 Å². The molecule has 1 atom stereocenters. The van der Waals surface area contributed by atoms with Crippen molar-refractivity contribution >= 4 is 33.8 Å². The average Bonchev–Trinajstić information content (AvgIpc) is 2.96. The number of halogens is 1. The third-order valence-electron chi connectivity index (χ3n) is 4.81. The summed E-state index contributed by atoms with van der Waals surface area (Å²) in [6.45, 7) is 2.17. The van der Waals surface area contributed by atoms with Gasteiger partial charge in [0.2, 0.25) is 11.8 Å². The fourth-order valence-corrected chi connectivity index (χ4v) is 4.81. The summed E-state index contributed by atoms with van der Waals surface area (Å²) in [5.74, 6) is -0.478. The number of hydrogen-bond acceptors (Lipinski definition) is 5. The summed E-state index contributed by atoms with van der Waals surface area (Å²) >= 11 is 1.47. The lowest BCUT2D eigenvalue weighted by molar-refractivity contribution is -0.119. The van der Waals surface area contributed by atoms with Gasteiger partial charge in [-0.3, -0.25) is 14.5 Å². The SMILES string of the molecule is C[C@H]1CCc2c(sc(NC(=O)CN(C)CC(=O)Nc3cccc(F)c3)c2C#N)C1. The van der Waals surface area contributed by atoms with Crippen LogP contribution in [0.5, 0.6) is 0 Å². The van der Waals surface area contributed by atoms with E-state index in [2.05, 4.69) is 23.6 Å². The Kier molecular flexibility index (Phi) is 6.62. The molecule has 0 fully saturated rings. The Morgan fingerprint density at radius 3 is 2.72 bits per heavy atom. The summed E-state index contributed by atoms with van der Waals surface area (Å²) in [5.41, 5.74) is 2.00. The number of likely N-dealkylation sites (N-methyl/N-ethyl adjacent to an activating group) is 1. The van der Waals surface area contributed by atoms with Crippen molar-refractivity contribution in [1.29, 1.82) is 5.26 Å². The first-order valence-electron chi connectivity index (χ1n) is 9.44. The first kappa shape index (κ1) is 21.0. The Hall–Kier alpha value is -2.76. The number of hydrogen-bond donors (Lipinski definition) is 2. The molecule has 2 amide bonds. The molecule has 6 nitrogen and oxygen atoms in total. The molecule has 8 heteroatoms. The lowest BCUT2D eigenvalue weighted by Crippen LogP contribution is -2.36. The zero-order valence-corrected chi connectivity index (χ0v) is 17.2. The number of nitrogens with one attached hydrogen (secondary N) is 2. The Balaban J connectivity index is 1.55. The van der Waals surface area contributed by atoms with Crippen LogP contribution in [0.2, 0.25) is 0 Å². The third kappa shape index (κ3) is 5.40. The van der Waals surface area contributed by atoms with E-state index in [4.69, 9.17) is 0 Å². The monoisotopic (exact) mass is 414 g/mol. The van der Waals surface area contributed by atoms with Crippen LogP contribution in [0.4, 0.5) is 15.1 Å². The number of nitrogens with zero attached hydrogens (tertiary/aromatic N) is 2. The van der Waals surface area contributed by atoms with Crippen LogP contribution in [0.15, 0.2) is 24.3 Å². The number of thiophene rings is 1. The van der Waals surface area contributed by atoms with Crippen LogP contribution in [0, 0.1) is 23.1 Å². The van der Waals surface area contributed by atoms with Crippen molar-refractivity contribution in [2.45, 2.75) is 26.2 Å². The van der Waals surface area contributed by atoms with E-state index in [1.165, 1.54) is 34.4 Å². The molecule has 0 radical (unpaired) electrons. The van der Waals surface area contributed by atoms with E-state index >= 15 is 0 Å². The number of fused-ring (bicyclic) bond motifs is 1. The molecule has 1 aliphatic rings. The topological polar surface area (TPSA) is 85.2 Å². The van der Waals surface area contributed by atoms with Crippen molar-refractivity contribution < 1.29 is 14.0 Å². The molecule has 0 bridgehead atoms. The Morgan fingerprint density at radius 2 is 2.03 bits per heavy atom. The van der Waals surface area contributed by atoms with Crippen molar-refractivity contribution in [3.8, 4) is 6.07 Å². The Bertz CT molecular complexity index is 966. The molecular formula is C21H23FN4O2S. The van der Waals surface area contributed by atoms with Gasteiger partial charge in [0.25, 0.3) is 0 Å². The predicted molar refractivity (Wildman–Crippen MR) is 111 cm³/mol. The summed E-state index contributed by atoms with van der Waals surface area (Å²) in [4.78, 5) is 27.2. The van der Waals surface area contributed by atoms with Gasteiger partial charge in [-0.1, -0.05) is 13.0 Å². The molecule has 1 aromatic carbocycles. The molecule has 0 unspecified atom stereocenters. The van der Waals surface area contributed by atoms with Crippen LogP contribution in [-0.2, 0) is 22.4 Å². The summed E-state index contributed by atoms with van der Waals surface area (Å²) in [5, 5.41) is 15.5. The molecule has 0 saturated heterocycles. The van der Waals surface area contributed by atoms with Gasteiger partial charge in [0.1, 0.15) is 16.9 Å². The highest BCUT2D eigenvalue weighted by atomic mass is 32.1. The van der Waals surface area contributed by atoms with E-state index in [1.807, 2.05) is 0 Å². The summed E-state index contributed by atoms with van der Waals surface area (Å²) < 4.78 is 13.2. The van der Waals surface area contributed by atoms with Gasteiger partial charge in [0.05, 0.1) is 18.7 Å². The van der Waals surface area contributed by atoms with E-state index in [0.717, 1.165) is 24.8 Å². The van der Waals surface area contributed by atoms with Gasteiger partial charge < -0.3 is 10.6 Å². The van der Waals surface area contributed by atoms with Crippen LogP contribution in [-0.4, -0.2) is 36.9 Å². The van der Waals surface area contributed by atoms with Gasteiger partial charge in [-0.05, 0) is 56.0 Å². The van der Waals surface area contributed by atoms with Crippen LogP contribution in [0.25, 0.3) is 0 Å². The number of amides is 2. The average molecular weight is 415 g/mol. The fraction of sp³-hybridized carbons (Fsp3) is 0.381. The summed E-state index contributed by atoms with van der Waals surface area (Å²) in [7, 11) is 1.65. The maximum atomic E-state index is 13.2. The smallest absolute Gasteiger partial charge is 0.239 e. The molecule has 29 heavy (non-hydrogen) atoms. The van der Waals surface area contributed by atoms with E-state index in [9.17, 15) is 19.2 Å². The molecule has 0 aliphatic heterocycles.